The van der Waals surface area contributed by atoms with Gasteiger partial charge in [-0.2, -0.15) is 4.98 Å². The zero-order valence-electron chi connectivity index (χ0n) is 10.6. The van der Waals surface area contributed by atoms with Gasteiger partial charge >= 0.3 is 0 Å². The van der Waals surface area contributed by atoms with Crippen LogP contribution in [-0.2, 0) is 11.2 Å². The Kier molecular flexibility index (Phi) is 3.17. The van der Waals surface area contributed by atoms with Crippen molar-refractivity contribution >= 4 is 5.91 Å². The Morgan fingerprint density at radius 2 is 2.18 bits per heavy atom. The number of hydrogen-bond acceptors (Lipinski definition) is 4. The summed E-state index contributed by atoms with van der Waals surface area (Å²) >= 11 is 0. The normalized spacial score (nSPS) is 15.9. The molecule has 1 aromatic rings. The van der Waals surface area contributed by atoms with Crippen LogP contribution in [0, 0.1) is 5.41 Å². The summed E-state index contributed by atoms with van der Waals surface area (Å²) in [6.45, 7) is 6.23. The Hall–Kier alpha value is -1.39. The number of carbonyl (C=O) groups excluding carboxylic acids is 1. The molecule has 0 aromatic carbocycles. The van der Waals surface area contributed by atoms with Crippen molar-refractivity contribution in [2.75, 3.05) is 6.54 Å². The first-order valence-corrected chi connectivity index (χ1v) is 6.07. The molecule has 1 amide bonds. The van der Waals surface area contributed by atoms with Gasteiger partial charge in [0.05, 0.1) is 0 Å². The van der Waals surface area contributed by atoms with Gasteiger partial charge in [0.2, 0.25) is 11.8 Å². The highest BCUT2D eigenvalue weighted by Gasteiger charge is 2.29. The van der Waals surface area contributed by atoms with Crippen LogP contribution in [0.15, 0.2) is 4.52 Å². The molecule has 0 bridgehead atoms. The maximum absolute atomic E-state index is 11.6. The van der Waals surface area contributed by atoms with Crippen molar-refractivity contribution in [3.63, 3.8) is 0 Å². The molecule has 1 aliphatic carbocycles. The number of rotatable bonds is 4. The molecule has 5 heteroatoms. The van der Waals surface area contributed by atoms with Gasteiger partial charge in [0.1, 0.15) is 0 Å². The molecule has 1 fully saturated rings. The fraction of sp³-hybridized carbons (Fsp3) is 0.750. The van der Waals surface area contributed by atoms with Crippen LogP contribution in [0.4, 0.5) is 0 Å². The molecule has 1 saturated carbocycles. The van der Waals surface area contributed by atoms with E-state index in [0.717, 1.165) is 18.7 Å². The second kappa shape index (κ2) is 4.47. The number of amides is 1. The van der Waals surface area contributed by atoms with E-state index in [4.69, 9.17) is 4.52 Å². The lowest BCUT2D eigenvalue weighted by Crippen LogP contribution is -2.36. The second-order valence-electron chi connectivity index (χ2n) is 5.58. The number of nitrogens with one attached hydrogen (secondary N) is 1. The number of aromatic nitrogens is 2. The molecular formula is C12H19N3O2. The van der Waals surface area contributed by atoms with E-state index in [0.29, 0.717) is 24.7 Å². The molecule has 1 aromatic heterocycles. The fourth-order valence-corrected chi connectivity index (χ4v) is 1.42. The molecule has 0 spiro atoms. The van der Waals surface area contributed by atoms with Gasteiger partial charge in [0, 0.05) is 24.3 Å². The highest BCUT2D eigenvalue weighted by molar-refractivity contribution is 5.81. The molecule has 0 unspecified atom stereocenters. The predicted octanol–water partition coefficient (Wildman–Crippen LogP) is 1.65. The van der Waals surface area contributed by atoms with Gasteiger partial charge in [-0.15, -0.1) is 0 Å². The van der Waals surface area contributed by atoms with Crippen molar-refractivity contribution in [1.29, 1.82) is 0 Å². The van der Waals surface area contributed by atoms with E-state index >= 15 is 0 Å². The Bertz CT molecular complexity index is 402. The first kappa shape index (κ1) is 12.1. The van der Waals surface area contributed by atoms with Crippen molar-refractivity contribution in [3.05, 3.63) is 11.7 Å². The van der Waals surface area contributed by atoms with Crippen molar-refractivity contribution < 1.29 is 9.32 Å². The number of hydrogen-bond donors (Lipinski definition) is 1. The molecule has 0 atom stereocenters. The highest BCUT2D eigenvalue weighted by Crippen LogP contribution is 2.38. The van der Waals surface area contributed by atoms with Crippen molar-refractivity contribution in [3.8, 4) is 0 Å². The minimum absolute atomic E-state index is 0.0448. The number of carbonyl (C=O) groups is 1. The minimum Gasteiger partial charge on any atom is -0.355 e. The molecular weight excluding hydrogens is 218 g/mol. The Morgan fingerprint density at radius 1 is 1.47 bits per heavy atom. The third-order valence-electron chi connectivity index (χ3n) is 2.73. The van der Waals surface area contributed by atoms with Gasteiger partial charge in [-0.1, -0.05) is 25.9 Å². The van der Waals surface area contributed by atoms with Crippen LogP contribution >= 0.6 is 0 Å². The largest absolute Gasteiger partial charge is 0.355 e. The van der Waals surface area contributed by atoms with E-state index in [2.05, 4.69) is 15.5 Å². The van der Waals surface area contributed by atoms with Crippen LogP contribution in [0.1, 0.15) is 51.2 Å². The van der Waals surface area contributed by atoms with E-state index in [-0.39, 0.29) is 11.3 Å². The molecule has 5 nitrogen and oxygen atoms in total. The highest BCUT2D eigenvalue weighted by atomic mass is 16.5. The summed E-state index contributed by atoms with van der Waals surface area (Å²) in [4.78, 5) is 15.9. The van der Waals surface area contributed by atoms with Gasteiger partial charge in [-0.05, 0) is 12.8 Å². The Labute approximate surface area is 101 Å². The van der Waals surface area contributed by atoms with Gasteiger partial charge in [0.15, 0.2) is 5.82 Å². The van der Waals surface area contributed by atoms with E-state index in [9.17, 15) is 4.79 Å². The predicted molar refractivity (Wildman–Crippen MR) is 62.4 cm³/mol. The summed E-state index contributed by atoms with van der Waals surface area (Å²) in [7, 11) is 0. The zero-order chi connectivity index (χ0) is 12.5. The first-order valence-electron chi connectivity index (χ1n) is 6.07. The maximum Gasteiger partial charge on any atom is 0.229 e. The molecule has 0 saturated heterocycles. The quantitative estimate of drug-likeness (QED) is 0.864. The van der Waals surface area contributed by atoms with E-state index in [1.165, 1.54) is 0 Å². The number of nitrogens with zero attached hydrogens (tertiary/aromatic N) is 2. The van der Waals surface area contributed by atoms with Gasteiger partial charge in [-0.3, -0.25) is 4.79 Å². The molecule has 0 radical (unpaired) electrons. The van der Waals surface area contributed by atoms with Crippen LogP contribution in [-0.4, -0.2) is 22.6 Å². The minimum atomic E-state index is -0.351. The standard InChI is InChI=1S/C12H19N3O2/c1-12(2,3)11(16)13-7-6-9-14-10(17-15-9)8-4-5-8/h8H,4-7H2,1-3H3,(H,13,16). The summed E-state index contributed by atoms with van der Waals surface area (Å²) in [6, 6.07) is 0. The lowest BCUT2D eigenvalue weighted by molar-refractivity contribution is -0.128. The SMILES string of the molecule is CC(C)(C)C(=O)NCCc1noc(C2CC2)n1. The average molecular weight is 237 g/mol. The van der Waals surface area contributed by atoms with Crippen LogP contribution in [0.2, 0.25) is 0 Å². The average Bonchev–Trinajstić information content (AvgIpc) is 2.98. The summed E-state index contributed by atoms with van der Waals surface area (Å²) in [5.41, 5.74) is -0.351. The lowest BCUT2D eigenvalue weighted by Gasteiger charge is -2.16. The van der Waals surface area contributed by atoms with Crippen molar-refractivity contribution in [2.24, 2.45) is 5.41 Å². The summed E-state index contributed by atoms with van der Waals surface area (Å²) in [5.74, 6) is 1.96. The smallest absolute Gasteiger partial charge is 0.229 e. The van der Waals surface area contributed by atoms with Gasteiger partial charge < -0.3 is 9.84 Å². The third-order valence-corrected chi connectivity index (χ3v) is 2.73. The first-order chi connectivity index (χ1) is 7.97. The van der Waals surface area contributed by atoms with Crippen LogP contribution in [0.3, 0.4) is 0 Å². The third kappa shape index (κ3) is 3.28. The molecule has 94 valence electrons. The molecule has 1 heterocycles. The van der Waals surface area contributed by atoms with Crippen LogP contribution < -0.4 is 5.32 Å². The van der Waals surface area contributed by atoms with E-state index in [1.54, 1.807) is 0 Å². The molecule has 17 heavy (non-hydrogen) atoms. The summed E-state index contributed by atoms with van der Waals surface area (Å²) in [5, 5.41) is 6.76. The lowest BCUT2D eigenvalue weighted by atomic mass is 9.96. The zero-order valence-corrected chi connectivity index (χ0v) is 10.6. The molecule has 1 aliphatic rings. The van der Waals surface area contributed by atoms with Gasteiger partial charge in [-0.25, -0.2) is 0 Å². The summed E-state index contributed by atoms with van der Waals surface area (Å²) in [6.07, 6.45) is 2.93. The molecule has 1 N–H and O–H groups in total. The van der Waals surface area contributed by atoms with Crippen molar-refractivity contribution in [1.82, 2.24) is 15.5 Å². The Morgan fingerprint density at radius 3 is 2.76 bits per heavy atom. The van der Waals surface area contributed by atoms with Crippen LogP contribution in [0.5, 0.6) is 0 Å². The van der Waals surface area contributed by atoms with Crippen molar-refractivity contribution in [2.45, 2.75) is 46.0 Å². The second-order valence-corrected chi connectivity index (χ2v) is 5.58. The monoisotopic (exact) mass is 237 g/mol. The summed E-state index contributed by atoms with van der Waals surface area (Å²) < 4.78 is 5.14. The Balaban J connectivity index is 1.76. The van der Waals surface area contributed by atoms with E-state index in [1.807, 2.05) is 20.8 Å². The maximum atomic E-state index is 11.6. The topological polar surface area (TPSA) is 68.0 Å². The van der Waals surface area contributed by atoms with Crippen LogP contribution in [0.25, 0.3) is 0 Å². The molecule has 0 aliphatic heterocycles. The van der Waals surface area contributed by atoms with E-state index < -0.39 is 0 Å². The molecule has 2 rings (SSSR count). The fourth-order valence-electron chi connectivity index (χ4n) is 1.42. The van der Waals surface area contributed by atoms with Gasteiger partial charge in [0.25, 0.3) is 0 Å².